The predicted molar refractivity (Wildman–Crippen MR) is 98.0 cm³/mol. The minimum atomic E-state index is -0.197. The minimum absolute atomic E-state index is 0.0555. The number of fused-ring (bicyclic) bond motifs is 1. The Balaban J connectivity index is 1.62. The van der Waals surface area contributed by atoms with Crippen LogP contribution in [0.3, 0.4) is 0 Å². The van der Waals surface area contributed by atoms with Crippen molar-refractivity contribution in [1.82, 2.24) is 5.43 Å². The highest BCUT2D eigenvalue weighted by atomic mass is 16.5. The van der Waals surface area contributed by atoms with Crippen LogP contribution in [-0.4, -0.2) is 24.3 Å². The summed E-state index contributed by atoms with van der Waals surface area (Å²) >= 11 is 0. The van der Waals surface area contributed by atoms with Crippen LogP contribution in [-0.2, 0) is 11.2 Å². The first-order valence-electron chi connectivity index (χ1n) is 7.82. The molecule has 0 aromatic heterocycles. The van der Waals surface area contributed by atoms with Crippen molar-refractivity contribution in [2.75, 3.05) is 7.11 Å². The Kier molecular flexibility index (Phi) is 4.95. The van der Waals surface area contributed by atoms with E-state index in [0.717, 1.165) is 16.3 Å². The van der Waals surface area contributed by atoms with E-state index < -0.39 is 0 Å². The van der Waals surface area contributed by atoms with E-state index in [1.807, 2.05) is 42.5 Å². The largest absolute Gasteiger partial charge is 0.504 e. The summed E-state index contributed by atoms with van der Waals surface area (Å²) in [7, 11) is 1.47. The van der Waals surface area contributed by atoms with Gasteiger partial charge in [-0.3, -0.25) is 4.79 Å². The number of hydrazone groups is 1. The molecule has 0 unspecified atom stereocenters. The lowest BCUT2D eigenvalue weighted by atomic mass is 10.1. The summed E-state index contributed by atoms with van der Waals surface area (Å²) in [5.74, 6) is 0.212. The number of phenols is 1. The lowest BCUT2D eigenvalue weighted by Gasteiger charge is -2.04. The number of nitrogens with zero attached hydrogens (tertiary/aromatic N) is 1. The second kappa shape index (κ2) is 7.49. The van der Waals surface area contributed by atoms with Crippen LogP contribution in [0.15, 0.2) is 65.8 Å². The molecule has 25 heavy (non-hydrogen) atoms. The average Bonchev–Trinajstić information content (AvgIpc) is 2.63. The second-order valence-electron chi connectivity index (χ2n) is 5.58. The van der Waals surface area contributed by atoms with Crippen LogP contribution in [0, 0.1) is 0 Å². The van der Waals surface area contributed by atoms with Gasteiger partial charge in [0.05, 0.1) is 19.7 Å². The van der Waals surface area contributed by atoms with Crippen molar-refractivity contribution in [2.45, 2.75) is 6.42 Å². The van der Waals surface area contributed by atoms with Gasteiger partial charge in [-0.2, -0.15) is 5.10 Å². The van der Waals surface area contributed by atoms with Crippen LogP contribution < -0.4 is 10.2 Å². The quantitative estimate of drug-likeness (QED) is 0.556. The Labute approximate surface area is 145 Å². The molecule has 0 heterocycles. The number of carbonyl (C=O) groups excluding carboxylic acids is 1. The van der Waals surface area contributed by atoms with Gasteiger partial charge in [0, 0.05) is 0 Å². The number of rotatable bonds is 5. The third-order valence-electron chi connectivity index (χ3n) is 3.79. The molecule has 5 heteroatoms. The zero-order chi connectivity index (χ0) is 17.6. The number of phenolic OH excluding ortho intramolecular Hbond substituents is 1. The van der Waals surface area contributed by atoms with Crippen molar-refractivity contribution in [2.24, 2.45) is 5.10 Å². The molecule has 3 aromatic carbocycles. The fourth-order valence-electron chi connectivity index (χ4n) is 2.53. The number of hydrogen-bond acceptors (Lipinski definition) is 4. The molecule has 0 radical (unpaired) electrons. The molecule has 0 saturated carbocycles. The number of hydrogen-bond donors (Lipinski definition) is 2. The van der Waals surface area contributed by atoms with Gasteiger partial charge in [0.1, 0.15) is 0 Å². The van der Waals surface area contributed by atoms with Crippen LogP contribution in [0.5, 0.6) is 11.5 Å². The van der Waals surface area contributed by atoms with Gasteiger partial charge in [0.15, 0.2) is 11.5 Å². The van der Waals surface area contributed by atoms with Crippen molar-refractivity contribution < 1.29 is 14.6 Å². The topological polar surface area (TPSA) is 70.9 Å². The van der Waals surface area contributed by atoms with Gasteiger partial charge in [0.2, 0.25) is 5.91 Å². The molecular weight excluding hydrogens is 316 g/mol. The van der Waals surface area contributed by atoms with Crippen LogP contribution >= 0.6 is 0 Å². The summed E-state index contributed by atoms with van der Waals surface area (Å²) in [6, 6.07) is 18.8. The molecule has 0 aliphatic heterocycles. The lowest BCUT2D eigenvalue weighted by molar-refractivity contribution is -0.120. The van der Waals surface area contributed by atoms with E-state index in [4.69, 9.17) is 4.74 Å². The summed E-state index contributed by atoms with van der Waals surface area (Å²) in [5.41, 5.74) is 4.14. The number of amides is 1. The molecule has 5 nitrogen and oxygen atoms in total. The number of methoxy groups -OCH3 is 1. The summed E-state index contributed by atoms with van der Waals surface area (Å²) in [4.78, 5) is 12.0. The van der Waals surface area contributed by atoms with Crippen LogP contribution in [0.4, 0.5) is 0 Å². The van der Waals surface area contributed by atoms with Gasteiger partial charge in [-0.05, 0) is 40.1 Å². The van der Waals surface area contributed by atoms with Crippen molar-refractivity contribution in [3.05, 3.63) is 71.8 Å². The number of nitrogens with one attached hydrogen (secondary N) is 1. The Bertz CT molecular complexity index is 935. The Morgan fingerprint density at radius 1 is 1.12 bits per heavy atom. The molecule has 1 amide bonds. The molecule has 0 aliphatic carbocycles. The second-order valence-corrected chi connectivity index (χ2v) is 5.58. The van der Waals surface area contributed by atoms with E-state index in [-0.39, 0.29) is 18.1 Å². The number of carbonyl (C=O) groups is 1. The summed E-state index contributed by atoms with van der Waals surface area (Å²) < 4.78 is 5.03. The fraction of sp³-hybridized carbons (Fsp3) is 0.100. The normalized spacial score (nSPS) is 10.9. The molecule has 3 aromatic rings. The smallest absolute Gasteiger partial charge is 0.244 e. The molecule has 0 atom stereocenters. The first-order valence-corrected chi connectivity index (χ1v) is 7.82. The molecule has 2 N–H and O–H groups in total. The molecule has 126 valence electrons. The van der Waals surface area contributed by atoms with Crippen LogP contribution in [0.25, 0.3) is 10.8 Å². The standard InChI is InChI=1S/C20H18N2O3/c1-25-19-11-15(7-9-18(19)23)13-21-22-20(24)12-14-6-8-16-4-2-3-5-17(16)10-14/h2-11,13,23H,12H2,1H3,(H,22,24). The van der Waals surface area contributed by atoms with E-state index >= 15 is 0 Å². The summed E-state index contributed by atoms with van der Waals surface area (Å²) in [5, 5.41) is 15.7. The van der Waals surface area contributed by atoms with E-state index in [1.165, 1.54) is 19.4 Å². The molecular formula is C20H18N2O3. The number of ether oxygens (including phenoxy) is 1. The van der Waals surface area contributed by atoms with Crippen LogP contribution in [0.2, 0.25) is 0 Å². The van der Waals surface area contributed by atoms with E-state index in [1.54, 1.807) is 12.1 Å². The van der Waals surface area contributed by atoms with Crippen molar-refractivity contribution in [3.63, 3.8) is 0 Å². The average molecular weight is 334 g/mol. The third-order valence-corrected chi connectivity index (χ3v) is 3.79. The van der Waals surface area contributed by atoms with Crippen molar-refractivity contribution in [1.29, 1.82) is 0 Å². The Hall–Kier alpha value is -3.34. The molecule has 0 spiro atoms. The van der Waals surface area contributed by atoms with Gasteiger partial charge < -0.3 is 9.84 Å². The first kappa shape index (κ1) is 16.5. The van der Waals surface area contributed by atoms with Gasteiger partial charge in [0.25, 0.3) is 0 Å². The highest BCUT2D eigenvalue weighted by Gasteiger charge is 2.04. The number of aromatic hydroxyl groups is 1. The lowest BCUT2D eigenvalue weighted by Crippen LogP contribution is -2.19. The highest BCUT2D eigenvalue weighted by Crippen LogP contribution is 2.25. The molecule has 0 bridgehead atoms. The van der Waals surface area contributed by atoms with Gasteiger partial charge in [-0.15, -0.1) is 0 Å². The Morgan fingerprint density at radius 2 is 1.92 bits per heavy atom. The SMILES string of the molecule is COc1cc(C=NNC(=O)Cc2ccc3ccccc3c2)ccc1O. The van der Waals surface area contributed by atoms with Gasteiger partial charge in [-0.1, -0.05) is 42.5 Å². The highest BCUT2D eigenvalue weighted by molar-refractivity contribution is 5.86. The van der Waals surface area contributed by atoms with Crippen molar-refractivity contribution in [3.8, 4) is 11.5 Å². The molecule has 0 saturated heterocycles. The number of benzene rings is 3. The maximum Gasteiger partial charge on any atom is 0.244 e. The predicted octanol–water partition coefficient (Wildman–Crippen LogP) is 3.25. The van der Waals surface area contributed by atoms with Gasteiger partial charge in [-0.25, -0.2) is 5.43 Å². The van der Waals surface area contributed by atoms with Crippen molar-refractivity contribution >= 4 is 22.9 Å². The Morgan fingerprint density at radius 3 is 2.72 bits per heavy atom. The first-order chi connectivity index (χ1) is 12.2. The van der Waals surface area contributed by atoms with E-state index in [9.17, 15) is 9.90 Å². The molecule has 3 rings (SSSR count). The third kappa shape index (κ3) is 4.14. The van der Waals surface area contributed by atoms with Crippen LogP contribution in [0.1, 0.15) is 11.1 Å². The zero-order valence-corrected chi connectivity index (χ0v) is 13.8. The zero-order valence-electron chi connectivity index (χ0n) is 13.8. The fourth-order valence-corrected chi connectivity index (χ4v) is 2.53. The van der Waals surface area contributed by atoms with Gasteiger partial charge >= 0.3 is 0 Å². The van der Waals surface area contributed by atoms with E-state index in [2.05, 4.69) is 10.5 Å². The summed E-state index contributed by atoms with van der Waals surface area (Å²) in [6.45, 7) is 0. The van der Waals surface area contributed by atoms with E-state index in [0.29, 0.717) is 11.3 Å². The maximum absolute atomic E-state index is 12.0. The monoisotopic (exact) mass is 334 g/mol. The summed E-state index contributed by atoms with van der Waals surface area (Å²) in [6.07, 6.45) is 1.75. The minimum Gasteiger partial charge on any atom is -0.504 e. The maximum atomic E-state index is 12.0. The molecule has 0 aliphatic rings. The molecule has 0 fully saturated rings.